The van der Waals surface area contributed by atoms with Crippen molar-refractivity contribution >= 4 is 47.6 Å². The summed E-state index contributed by atoms with van der Waals surface area (Å²) < 4.78 is 11.4. The number of likely N-dealkylation sites (N-methyl/N-ethyl adjacent to an activating group) is 3. The van der Waals surface area contributed by atoms with Crippen molar-refractivity contribution in [2.45, 2.75) is 149 Å². The van der Waals surface area contributed by atoms with E-state index >= 15 is 0 Å². The molecule has 3 N–H and O–H groups in total. The van der Waals surface area contributed by atoms with Gasteiger partial charge >= 0.3 is 0 Å². The second-order valence-corrected chi connectivity index (χ2v) is 18.0. The summed E-state index contributed by atoms with van der Waals surface area (Å²) in [5.41, 5.74) is 0. The van der Waals surface area contributed by atoms with Crippen molar-refractivity contribution in [1.82, 2.24) is 40.4 Å². The molecule has 0 saturated carbocycles. The molecule has 6 atom stereocenters. The van der Waals surface area contributed by atoms with E-state index in [4.69, 9.17) is 9.47 Å². The molecule has 0 aromatic rings. The van der Waals surface area contributed by atoms with Gasteiger partial charge in [-0.15, -0.1) is 0 Å². The van der Waals surface area contributed by atoms with E-state index in [1.54, 1.807) is 4.90 Å². The molecule has 2 heterocycles. The van der Waals surface area contributed by atoms with Gasteiger partial charge in [-0.2, -0.15) is 0 Å². The Morgan fingerprint density at radius 1 is 0.810 bits per heavy atom. The van der Waals surface area contributed by atoms with E-state index in [-0.39, 0.29) is 50.0 Å². The Kier molecular flexibility index (Phi) is 25.0. The third-order valence-corrected chi connectivity index (χ3v) is 11.7. The van der Waals surface area contributed by atoms with Gasteiger partial charge in [-0.25, -0.2) is 0 Å². The standard InChI is InChI=1S/C45H80N8O10/c1-11-13-19-53(39(55)17-12-2)26-41(57)51(10)38(24-32(5)6)43(59)47-36(45(61)52-20-15-14-16-21-52)25-40(56)49(8)33(7)42(58)48-37(30-63-29-34-28-62-22-18-46-34)44(60)50(9)35(27-54)23-31(3)4/h27,31-38,46H,11-26,28-30H2,1-10H3,(H,47,59)(H,48,58)/t33?,34?,35-,36?,37-,38-/m0/s1. The number of nitrogens with one attached hydrogen (secondary N) is 3. The van der Waals surface area contributed by atoms with Crippen LogP contribution in [0.15, 0.2) is 0 Å². The zero-order chi connectivity index (χ0) is 47.2. The van der Waals surface area contributed by atoms with Gasteiger partial charge in [0.25, 0.3) is 0 Å². The monoisotopic (exact) mass is 893 g/mol. The number of amides is 7. The number of unbranched alkanes of at least 4 members (excludes halogenated alkanes) is 1. The summed E-state index contributed by atoms with van der Waals surface area (Å²) in [7, 11) is 4.43. The van der Waals surface area contributed by atoms with Gasteiger partial charge in [0.05, 0.1) is 51.5 Å². The molecular formula is C45H80N8O10. The Bertz CT molecular complexity index is 1490. The fourth-order valence-corrected chi connectivity index (χ4v) is 7.58. The van der Waals surface area contributed by atoms with Gasteiger partial charge in [0, 0.05) is 53.7 Å². The lowest BCUT2D eigenvalue weighted by Gasteiger charge is -2.35. The van der Waals surface area contributed by atoms with Gasteiger partial charge < -0.3 is 54.7 Å². The molecule has 2 aliphatic rings. The van der Waals surface area contributed by atoms with Crippen molar-refractivity contribution < 1.29 is 47.8 Å². The van der Waals surface area contributed by atoms with Crippen molar-refractivity contribution in [1.29, 1.82) is 0 Å². The van der Waals surface area contributed by atoms with E-state index in [0.29, 0.717) is 64.9 Å². The molecule has 2 rings (SSSR count). The Hall–Kier alpha value is -4.16. The minimum absolute atomic E-state index is 0.0318. The van der Waals surface area contributed by atoms with Crippen LogP contribution in [-0.4, -0.2) is 189 Å². The maximum Gasteiger partial charge on any atom is 0.247 e. The molecule has 18 heteroatoms. The van der Waals surface area contributed by atoms with E-state index in [1.165, 1.54) is 47.7 Å². The predicted octanol–water partition coefficient (Wildman–Crippen LogP) is 1.58. The second-order valence-electron chi connectivity index (χ2n) is 18.0. The Labute approximate surface area is 376 Å². The first-order valence-electron chi connectivity index (χ1n) is 23.2. The highest BCUT2D eigenvalue weighted by Crippen LogP contribution is 2.17. The van der Waals surface area contributed by atoms with Gasteiger partial charge in [0.1, 0.15) is 30.5 Å². The molecular weight excluding hydrogens is 813 g/mol. The molecule has 2 fully saturated rings. The fraction of sp³-hybridized carbons (Fsp3) is 0.822. The first kappa shape index (κ1) is 55.0. The number of nitrogens with zero attached hydrogens (tertiary/aromatic N) is 5. The molecule has 7 amide bonds. The average molecular weight is 893 g/mol. The minimum Gasteiger partial charge on any atom is -0.378 e. The highest BCUT2D eigenvalue weighted by atomic mass is 16.5. The lowest BCUT2D eigenvalue weighted by Crippen LogP contribution is -2.58. The van der Waals surface area contributed by atoms with Crippen LogP contribution in [0.1, 0.15) is 113 Å². The topological polar surface area (TPSA) is 207 Å². The van der Waals surface area contributed by atoms with Crippen molar-refractivity contribution in [2.75, 3.05) is 80.3 Å². The van der Waals surface area contributed by atoms with Gasteiger partial charge in [-0.3, -0.25) is 33.6 Å². The molecule has 0 aromatic carbocycles. The number of rotatable bonds is 27. The van der Waals surface area contributed by atoms with Gasteiger partial charge in [-0.1, -0.05) is 48.0 Å². The molecule has 2 saturated heterocycles. The maximum atomic E-state index is 14.2. The van der Waals surface area contributed by atoms with E-state index < -0.39 is 72.1 Å². The largest absolute Gasteiger partial charge is 0.378 e. The highest BCUT2D eigenvalue weighted by Gasteiger charge is 2.37. The lowest BCUT2D eigenvalue weighted by molar-refractivity contribution is -0.147. The number of piperidine rings is 1. The van der Waals surface area contributed by atoms with Crippen LogP contribution >= 0.6 is 0 Å². The molecule has 0 bridgehead atoms. The normalized spacial score (nSPS) is 17.8. The maximum absolute atomic E-state index is 14.2. The number of likely N-dealkylation sites (tertiary alicyclic amines) is 1. The Balaban J connectivity index is 2.32. The summed E-state index contributed by atoms with van der Waals surface area (Å²) in [5.74, 6) is -3.33. The van der Waals surface area contributed by atoms with Crippen molar-refractivity contribution in [2.24, 2.45) is 11.8 Å². The van der Waals surface area contributed by atoms with Crippen LogP contribution in [0.2, 0.25) is 0 Å². The molecule has 63 heavy (non-hydrogen) atoms. The minimum atomic E-state index is -1.30. The molecule has 0 aliphatic carbocycles. The molecule has 0 aromatic heterocycles. The molecule has 3 unspecified atom stereocenters. The molecule has 2 aliphatic heterocycles. The number of carbonyl (C=O) groups excluding carboxylic acids is 8. The van der Waals surface area contributed by atoms with Crippen LogP contribution in [0.25, 0.3) is 0 Å². The SMILES string of the molecule is CCCCN(CC(=O)N(C)[C@@H](CC(C)C)C(=O)NC(CC(=O)N(C)C(C)C(=O)N[C@@H](COCC1COCCN1)C(=O)N(C)[C@H](C=O)CC(C)C)C(=O)N1CCCCC1)C(=O)CCC. The number of carbonyl (C=O) groups is 8. The first-order valence-corrected chi connectivity index (χ1v) is 23.2. The molecule has 0 radical (unpaired) electrons. The second kappa shape index (κ2) is 28.6. The Morgan fingerprint density at radius 3 is 2.03 bits per heavy atom. The summed E-state index contributed by atoms with van der Waals surface area (Å²) >= 11 is 0. The lowest BCUT2D eigenvalue weighted by atomic mass is 10.0. The van der Waals surface area contributed by atoms with Crippen LogP contribution in [-0.2, 0) is 47.8 Å². The summed E-state index contributed by atoms with van der Waals surface area (Å²) in [4.78, 5) is 116. The van der Waals surface area contributed by atoms with Gasteiger partial charge in [0.2, 0.25) is 41.4 Å². The zero-order valence-corrected chi connectivity index (χ0v) is 39.9. The van der Waals surface area contributed by atoms with Crippen LogP contribution in [0.4, 0.5) is 0 Å². The van der Waals surface area contributed by atoms with Crippen molar-refractivity contribution in [3.63, 3.8) is 0 Å². The molecule has 360 valence electrons. The zero-order valence-electron chi connectivity index (χ0n) is 39.9. The van der Waals surface area contributed by atoms with Crippen LogP contribution < -0.4 is 16.0 Å². The first-order chi connectivity index (χ1) is 29.9. The van der Waals surface area contributed by atoms with E-state index in [9.17, 15) is 38.4 Å². The van der Waals surface area contributed by atoms with Gasteiger partial charge in [-0.05, 0) is 63.7 Å². The van der Waals surface area contributed by atoms with E-state index in [2.05, 4.69) is 16.0 Å². The number of hydrogen-bond acceptors (Lipinski definition) is 11. The summed E-state index contributed by atoms with van der Waals surface area (Å²) in [6.45, 7) is 15.9. The summed E-state index contributed by atoms with van der Waals surface area (Å²) in [5, 5.41) is 8.83. The number of aldehydes is 1. The van der Waals surface area contributed by atoms with Crippen LogP contribution in [0.5, 0.6) is 0 Å². The highest BCUT2D eigenvalue weighted by molar-refractivity contribution is 5.97. The van der Waals surface area contributed by atoms with Crippen LogP contribution in [0.3, 0.4) is 0 Å². The van der Waals surface area contributed by atoms with Crippen molar-refractivity contribution in [3.05, 3.63) is 0 Å². The number of ether oxygens (including phenoxy) is 2. The van der Waals surface area contributed by atoms with E-state index in [1.807, 2.05) is 41.5 Å². The number of morpholine rings is 1. The van der Waals surface area contributed by atoms with E-state index in [0.717, 1.165) is 32.1 Å². The molecule has 0 spiro atoms. The third-order valence-electron chi connectivity index (χ3n) is 11.7. The smallest absolute Gasteiger partial charge is 0.247 e. The van der Waals surface area contributed by atoms with Crippen molar-refractivity contribution in [3.8, 4) is 0 Å². The predicted molar refractivity (Wildman–Crippen MR) is 239 cm³/mol. The fourth-order valence-electron chi connectivity index (χ4n) is 7.58. The summed E-state index contributed by atoms with van der Waals surface area (Å²) in [6.07, 6.45) is 5.89. The number of hydrogen-bond donors (Lipinski definition) is 3. The molecule has 18 nitrogen and oxygen atoms in total. The van der Waals surface area contributed by atoms with Gasteiger partial charge in [0.15, 0.2) is 0 Å². The summed E-state index contributed by atoms with van der Waals surface area (Å²) in [6, 6.07) is -5.47. The Morgan fingerprint density at radius 2 is 1.46 bits per heavy atom. The van der Waals surface area contributed by atoms with Crippen LogP contribution in [0, 0.1) is 11.8 Å². The average Bonchev–Trinajstić information content (AvgIpc) is 3.26. The quantitative estimate of drug-likeness (QED) is 0.101. The third kappa shape index (κ3) is 18.5.